The minimum Gasteiger partial charge on any atom is -0.368 e. The number of hydrogen-bond acceptors (Lipinski definition) is 6. The summed E-state index contributed by atoms with van der Waals surface area (Å²) in [5, 5.41) is 20.1. The van der Waals surface area contributed by atoms with Crippen molar-refractivity contribution in [2.75, 3.05) is 44.7 Å². The van der Waals surface area contributed by atoms with Crippen LogP contribution in [0.25, 0.3) is 0 Å². The minimum atomic E-state index is -0.545. The second-order valence-corrected chi connectivity index (χ2v) is 6.52. The molecule has 0 N–H and O–H groups in total. The van der Waals surface area contributed by atoms with E-state index < -0.39 is 4.92 Å². The van der Waals surface area contributed by atoms with Gasteiger partial charge in [-0.2, -0.15) is 5.26 Å². The van der Waals surface area contributed by atoms with Crippen LogP contribution in [0.4, 0.5) is 11.4 Å². The third kappa shape index (κ3) is 3.42. The number of nitro groups is 1. The number of carbonyl (C=O) groups is 1. The van der Waals surface area contributed by atoms with Gasteiger partial charge < -0.3 is 9.80 Å². The van der Waals surface area contributed by atoms with E-state index >= 15 is 0 Å². The molecule has 8 heteroatoms. The fourth-order valence-electron chi connectivity index (χ4n) is 3.59. The van der Waals surface area contributed by atoms with E-state index in [0.29, 0.717) is 26.2 Å². The number of rotatable bonds is 3. The van der Waals surface area contributed by atoms with Gasteiger partial charge in [0.05, 0.1) is 11.0 Å². The van der Waals surface area contributed by atoms with Crippen molar-refractivity contribution in [3.05, 3.63) is 33.9 Å². The summed E-state index contributed by atoms with van der Waals surface area (Å²) in [5.74, 6) is 0.195. The Hall–Kier alpha value is -2.66. The van der Waals surface area contributed by atoms with Crippen molar-refractivity contribution in [3.8, 4) is 6.07 Å². The molecule has 0 aromatic heterocycles. The van der Waals surface area contributed by atoms with Crippen molar-refractivity contribution < 1.29 is 9.72 Å². The van der Waals surface area contributed by atoms with Crippen molar-refractivity contribution in [3.63, 3.8) is 0 Å². The van der Waals surface area contributed by atoms with E-state index in [2.05, 4.69) is 9.80 Å². The molecule has 1 atom stereocenters. The van der Waals surface area contributed by atoms with Gasteiger partial charge >= 0.3 is 0 Å². The number of benzene rings is 1. The zero-order valence-corrected chi connectivity index (χ0v) is 14.2. The molecule has 0 radical (unpaired) electrons. The van der Waals surface area contributed by atoms with Crippen LogP contribution in [-0.4, -0.2) is 66.4 Å². The summed E-state index contributed by atoms with van der Waals surface area (Å²) >= 11 is 0. The van der Waals surface area contributed by atoms with Crippen LogP contribution < -0.4 is 4.90 Å². The lowest BCUT2D eigenvalue weighted by Crippen LogP contribution is -2.53. The molecular formula is C17H21N5O3. The van der Waals surface area contributed by atoms with Crippen LogP contribution in [0.5, 0.6) is 0 Å². The fraction of sp³-hybridized carbons (Fsp3) is 0.529. The summed E-state index contributed by atoms with van der Waals surface area (Å²) in [4.78, 5) is 29.1. The molecule has 132 valence electrons. The van der Waals surface area contributed by atoms with Gasteiger partial charge in [-0.1, -0.05) is 0 Å². The number of anilines is 1. The van der Waals surface area contributed by atoms with Crippen molar-refractivity contribution in [2.45, 2.75) is 18.9 Å². The Morgan fingerprint density at radius 3 is 2.56 bits per heavy atom. The zero-order chi connectivity index (χ0) is 18.0. The Morgan fingerprint density at radius 2 is 2.00 bits per heavy atom. The van der Waals surface area contributed by atoms with Gasteiger partial charge in [0.25, 0.3) is 5.69 Å². The van der Waals surface area contributed by atoms with E-state index in [0.717, 1.165) is 25.1 Å². The molecular weight excluding hydrogens is 322 g/mol. The first-order valence-corrected chi connectivity index (χ1v) is 8.44. The lowest BCUT2D eigenvalue weighted by atomic mass is 10.1. The van der Waals surface area contributed by atoms with Crippen LogP contribution in [0.1, 0.15) is 18.4 Å². The number of likely N-dealkylation sites (tertiary alicyclic amines) is 1. The second-order valence-electron chi connectivity index (χ2n) is 6.52. The Bertz CT molecular complexity index is 721. The quantitative estimate of drug-likeness (QED) is 0.605. The molecule has 0 spiro atoms. The lowest BCUT2D eigenvalue weighted by Gasteiger charge is -2.38. The maximum Gasteiger partial charge on any atom is 0.287 e. The number of piperazine rings is 1. The van der Waals surface area contributed by atoms with Gasteiger partial charge in [-0.25, -0.2) is 0 Å². The lowest BCUT2D eigenvalue weighted by molar-refractivity contribution is -0.385. The van der Waals surface area contributed by atoms with Gasteiger partial charge in [0.2, 0.25) is 5.91 Å². The molecule has 1 unspecified atom stereocenters. The predicted octanol–water partition coefficient (Wildman–Crippen LogP) is 1.21. The van der Waals surface area contributed by atoms with Gasteiger partial charge in [0.15, 0.2) is 0 Å². The normalized spacial score (nSPS) is 21.2. The monoisotopic (exact) mass is 343 g/mol. The third-order valence-electron chi connectivity index (χ3n) is 5.06. The first-order chi connectivity index (χ1) is 12.0. The molecule has 1 amide bonds. The van der Waals surface area contributed by atoms with E-state index in [1.54, 1.807) is 12.1 Å². The topological polar surface area (TPSA) is 93.7 Å². The van der Waals surface area contributed by atoms with Gasteiger partial charge in [-0.15, -0.1) is 0 Å². The molecule has 2 heterocycles. The summed E-state index contributed by atoms with van der Waals surface area (Å²) in [6.07, 6.45) is 1.98. The number of likely N-dealkylation sites (N-methyl/N-ethyl adjacent to an activating group) is 1. The molecule has 2 aliphatic rings. The van der Waals surface area contributed by atoms with E-state index in [9.17, 15) is 14.9 Å². The highest BCUT2D eigenvalue weighted by molar-refractivity contribution is 5.82. The van der Waals surface area contributed by atoms with Crippen molar-refractivity contribution >= 4 is 17.3 Å². The largest absolute Gasteiger partial charge is 0.368 e. The molecule has 2 aliphatic heterocycles. The van der Waals surface area contributed by atoms with Gasteiger partial charge in [-0.3, -0.25) is 19.8 Å². The van der Waals surface area contributed by atoms with Crippen LogP contribution in [0, 0.1) is 21.4 Å². The van der Waals surface area contributed by atoms with E-state index in [-0.39, 0.29) is 23.2 Å². The number of nitrogens with zero attached hydrogens (tertiary/aromatic N) is 5. The average Bonchev–Trinajstić information content (AvgIpc) is 3.06. The number of hydrogen-bond donors (Lipinski definition) is 0. The highest BCUT2D eigenvalue weighted by Crippen LogP contribution is 2.26. The first kappa shape index (κ1) is 17.2. The Kier molecular flexibility index (Phi) is 4.86. The van der Waals surface area contributed by atoms with Gasteiger partial charge in [0.1, 0.15) is 11.6 Å². The van der Waals surface area contributed by atoms with Crippen molar-refractivity contribution in [1.82, 2.24) is 9.80 Å². The number of amides is 1. The molecule has 25 heavy (non-hydrogen) atoms. The first-order valence-electron chi connectivity index (χ1n) is 8.44. The maximum atomic E-state index is 12.6. The molecule has 0 aliphatic carbocycles. The Morgan fingerprint density at radius 1 is 1.28 bits per heavy atom. The molecule has 2 saturated heterocycles. The highest BCUT2D eigenvalue weighted by Gasteiger charge is 2.33. The molecule has 3 rings (SSSR count). The number of nitriles is 1. The summed E-state index contributed by atoms with van der Waals surface area (Å²) < 4.78 is 0. The maximum absolute atomic E-state index is 12.6. The molecule has 2 fully saturated rings. The second kappa shape index (κ2) is 7.07. The predicted molar refractivity (Wildman–Crippen MR) is 92.3 cm³/mol. The smallest absolute Gasteiger partial charge is 0.287 e. The van der Waals surface area contributed by atoms with Crippen LogP contribution in [0.3, 0.4) is 0 Å². The van der Waals surface area contributed by atoms with E-state index in [4.69, 9.17) is 5.26 Å². The number of carbonyl (C=O) groups excluding carboxylic acids is 1. The molecule has 0 saturated carbocycles. The zero-order valence-electron chi connectivity index (χ0n) is 14.2. The third-order valence-corrected chi connectivity index (χ3v) is 5.06. The van der Waals surface area contributed by atoms with Crippen molar-refractivity contribution in [1.29, 1.82) is 5.26 Å². The summed E-state index contributed by atoms with van der Waals surface area (Å²) in [6.45, 7) is 3.54. The standard InChI is InChI=1S/C17H21N5O3/c1-19-6-2-3-16(19)17(23)21-9-7-20(8-10-21)14-4-5-15(22(24)25)13(11-14)12-18/h4-5,11,16H,2-3,6-10H2,1H3. The van der Waals surface area contributed by atoms with Gasteiger partial charge in [-0.05, 0) is 38.6 Å². The highest BCUT2D eigenvalue weighted by atomic mass is 16.6. The fourth-order valence-corrected chi connectivity index (χ4v) is 3.59. The molecule has 1 aromatic carbocycles. The molecule has 1 aromatic rings. The number of nitro benzene ring substituents is 1. The van der Waals surface area contributed by atoms with E-state index in [1.165, 1.54) is 6.07 Å². The average molecular weight is 343 g/mol. The summed E-state index contributed by atoms with van der Waals surface area (Å²) in [7, 11) is 1.99. The van der Waals surface area contributed by atoms with Crippen LogP contribution in [-0.2, 0) is 4.79 Å². The Balaban J connectivity index is 1.65. The molecule has 0 bridgehead atoms. The Labute approximate surface area is 146 Å². The summed E-state index contributed by atoms with van der Waals surface area (Å²) in [5.41, 5.74) is 0.671. The van der Waals surface area contributed by atoms with Crippen LogP contribution in [0.2, 0.25) is 0 Å². The summed E-state index contributed by atoms with van der Waals surface area (Å²) in [6, 6.07) is 6.48. The van der Waals surface area contributed by atoms with E-state index in [1.807, 2.05) is 18.0 Å². The minimum absolute atomic E-state index is 0.00360. The SMILES string of the molecule is CN1CCCC1C(=O)N1CCN(c2ccc([N+](=O)[O-])c(C#N)c2)CC1. The van der Waals surface area contributed by atoms with Crippen LogP contribution in [0.15, 0.2) is 18.2 Å². The molecule has 8 nitrogen and oxygen atoms in total. The van der Waals surface area contributed by atoms with Crippen molar-refractivity contribution in [2.24, 2.45) is 0 Å². The van der Waals surface area contributed by atoms with Crippen LogP contribution >= 0.6 is 0 Å². The van der Waals surface area contributed by atoms with Gasteiger partial charge in [0, 0.05) is 37.9 Å².